The fourth-order valence-corrected chi connectivity index (χ4v) is 5.69. The van der Waals surface area contributed by atoms with Crippen molar-refractivity contribution >= 4 is 50.1 Å². The summed E-state index contributed by atoms with van der Waals surface area (Å²) in [5.74, 6) is -0.553. The van der Waals surface area contributed by atoms with E-state index in [0.29, 0.717) is 22.9 Å². The zero-order valence-corrected chi connectivity index (χ0v) is 21.5. The number of benzene rings is 2. The number of carbonyl (C=O) groups excluding carboxylic acids is 3. The number of ether oxygens (including phenoxy) is 1. The first-order valence-electron chi connectivity index (χ1n) is 12.4. The highest BCUT2D eigenvalue weighted by Gasteiger charge is 2.30. The Bertz CT molecular complexity index is 1240. The molecule has 0 spiro atoms. The number of aryl methyl sites for hydroxylation is 2. The van der Waals surface area contributed by atoms with Crippen LogP contribution in [0.5, 0.6) is 0 Å². The number of rotatable bonds is 7. The van der Waals surface area contributed by atoms with Crippen molar-refractivity contribution in [1.82, 2.24) is 9.88 Å². The second-order valence-electron chi connectivity index (χ2n) is 9.33. The molecule has 0 unspecified atom stereocenters. The van der Waals surface area contributed by atoms with Gasteiger partial charge in [0.05, 0.1) is 29.1 Å². The number of carbonyl (C=O) groups is 3. The van der Waals surface area contributed by atoms with Crippen LogP contribution in [0, 0.1) is 13.8 Å². The van der Waals surface area contributed by atoms with Crippen molar-refractivity contribution in [3.05, 3.63) is 53.1 Å². The third-order valence-electron chi connectivity index (χ3n) is 6.85. The van der Waals surface area contributed by atoms with Crippen molar-refractivity contribution in [2.24, 2.45) is 0 Å². The van der Waals surface area contributed by atoms with Gasteiger partial charge in [0.25, 0.3) is 5.91 Å². The van der Waals surface area contributed by atoms with E-state index in [1.807, 2.05) is 0 Å². The van der Waals surface area contributed by atoms with Crippen LogP contribution in [0.1, 0.15) is 40.7 Å². The monoisotopic (exact) mass is 506 g/mol. The number of nitrogens with zero attached hydrogens (tertiary/aromatic N) is 4. The molecule has 3 aromatic rings. The highest BCUT2D eigenvalue weighted by molar-refractivity contribution is 7.22. The van der Waals surface area contributed by atoms with Gasteiger partial charge in [-0.15, -0.1) is 0 Å². The smallest absolute Gasteiger partial charge is 0.260 e. The fraction of sp³-hybridized carbons (Fsp3) is 0.407. The molecule has 0 aliphatic carbocycles. The quantitative estimate of drug-likeness (QED) is 0.452. The third kappa shape index (κ3) is 5.04. The van der Waals surface area contributed by atoms with E-state index >= 15 is 0 Å². The summed E-state index contributed by atoms with van der Waals surface area (Å²) in [6, 6.07) is 10.9. The third-order valence-corrected chi connectivity index (χ3v) is 7.89. The molecule has 0 bridgehead atoms. The van der Waals surface area contributed by atoms with Crippen LogP contribution in [0.15, 0.2) is 36.4 Å². The molecule has 2 aliphatic heterocycles. The molecule has 0 radical (unpaired) electrons. The van der Waals surface area contributed by atoms with Gasteiger partial charge in [-0.05, 0) is 67.8 Å². The van der Waals surface area contributed by atoms with Gasteiger partial charge in [-0.25, -0.2) is 4.98 Å². The van der Waals surface area contributed by atoms with E-state index in [1.165, 1.54) is 27.4 Å². The lowest BCUT2D eigenvalue weighted by atomic mass is 10.1. The Morgan fingerprint density at radius 1 is 1.03 bits per heavy atom. The van der Waals surface area contributed by atoms with Gasteiger partial charge in [-0.1, -0.05) is 11.3 Å². The SMILES string of the molecule is Cc1cc2nc(N(CCCN3CCOCC3)C(=O)c3ccc(N4C(=O)CCC4=O)cc3)sc2cc1C. The van der Waals surface area contributed by atoms with Crippen LogP contribution in [0.2, 0.25) is 0 Å². The summed E-state index contributed by atoms with van der Waals surface area (Å²) in [6.45, 7) is 8.87. The summed E-state index contributed by atoms with van der Waals surface area (Å²) < 4.78 is 6.50. The molecule has 3 amide bonds. The first-order chi connectivity index (χ1) is 17.4. The fourth-order valence-electron chi connectivity index (χ4n) is 4.62. The minimum atomic E-state index is -0.205. The van der Waals surface area contributed by atoms with E-state index in [-0.39, 0.29) is 30.6 Å². The Labute approximate surface area is 214 Å². The first-order valence-corrected chi connectivity index (χ1v) is 13.2. The number of amides is 3. The zero-order chi connectivity index (χ0) is 25.2. The largest absolute Gasteiger partial charge is 0.379 e. The molecular weight excluding hydrogens is 476 g/mol. The van der Waals surface area contributed by atoms with Crippen molar-refractivity contribution in [2.75, 3.05) is 49.2 Å². The second kappa shape index (κ2) is 10.5. The highest BCUT2D eigenvalue weighted by Crippen LogP contribution is 2.32. The summed E-state index contributed by atoms with van der Waals surface area (Å²) >= 11 is 1.52. The molecule has 5 rings (SSSR count). The summed E-state index contributed by atoms with van der Waals surface area (Å²) in [5, 5.41) is 0.677. The van der Waals surface area contributed by atoms with Gasteiger partial charge in [0.15, 0.2) is 5.13 Å². The lowest BCUT2D eigenvalue weighted by Crippen LogP contribution is -2.39. The van der Waals surface area contributed by atoms with Crippen molar-refractivity contribution < 1.29 is 19.1 Å². The second-order valence-corrected chi connectivity index (χ2v) is 10.3. The number of thiazole rings is 1. The van der Waals surface area contributed by atoms with Gasteiger partial charge >= 0.3 is 0 Å². The number of fused-ring (bicyclic) bond motifs is 1. The molecule has 9 heteroatoms. The van der Waals surface area contributed by atoms with Gasteiger partial charge in [0.1, 0.15) is 0 Å². The van der Waals surface area contributed by atoms with Crippen molar-refractivity contribution in [1.29, 1.82) is 0 Å². The summed E-state index contributed by atoms with van der Waals surface area (Å²) in [6.07, 6.45) is 1.27. The average molecular weight is 507 g/mol. The molecule has 0 atom stereocenters. The van der Waals surface area contributed by atoms with E-state index in [1.54, 1.807) is 29.2 Å². The van der Waals surface area contributed by atoms with Crippen LogP contribution in [0.25, 0.3) is 10.2 Å². The molecule has 1 aromatic heterocycles. The molecule has 3 heterocycles. The molecule has 2 aliphatic rings. The molecule has 8 nitrogen and oxygen atoms in total. The van der Waals surface area contributed by atoms with Crippen molar-refractivity contribution in [3.8, 4) is 0 Å². The predicted molar refractivity (Wildman–Crippen MR) is 141 cm³/mol. The standard InChI is InChI=1S/C27H30N4O4S/c1-18-16-22-23(17-19(18)2)36-27(28-22)30(11-3-10-29-12-14-35-15-13-29)26(34)20-4-6-21(7-5-20)31-24(32)8-9-25(31)33/h4-7,16-17H,3,8-15H2,1-2H3. The topological polar surface area (TPSA) is 83.1 Å². The van der Waals surface area contributed by atoms with E-state index in [0.717, 1.165) is 49.5 Å². The predicted octanol–water partition coefficient (Wildman–Crippen LogP) is 3.94. The van der Waals surface area contributed by atoms with Crippen LogP contribution in [0.3, 0.4) is 0 Å². The van der Waals surface area contributed by atoms with Gasteiger partial charge in [0.2, 0.25) is 11.8 Å². The van der Waals surface area contributed by atoms with Gasteiger partial charge in [-0.2, -0.15) is 0 Å². The van der Waals surface area contributed by atoms with Crippen LogP contribution >= 0.6 is 11.3 Å². The number of hydrogen-bond acceptors (Lipinski definition) is 7. The molecule has 36 heavy (non-hydrogen) atoms. The Hall–Kier alpha value is -3.14. The number of imide groups is 1. The Kier molecular flexibility index (Phi) is 7.13. The molecule has 2 aromatic carbocycles. The Morgan fingerprint density at radius 2 is 1.69 bits per heavy atom. The van der Waals surface area contributed by atoms with E-state index in [4.69, 9.17) is 9.72 Å². The Balaban J connectivity index is 1.39. The van der Waals surface area contributed by atoms with Crippen LogP contribution in [-0.4, -0.2) is 67.0 Å². The summed E-state index contributed by atoms with van der Waals surface area (Å²) in [7, 11) is 0. The number of morpholine rings is 1. The van der Waals surface area contributed by atoms with Crippen LogP contribution in [-0.2, 0) is 14.3 Å². The number of hydrogen-bond donors (Lipinski definition) is 0. The molecular formula is C27H30N4O4S. The van der Waals surface area contributed by atoms with Crippen LogP contribution < -0.4 is 9.80 Å². The zero-order valence-electron chi connectivity index (χ0n) is 20.7. The molecule has 0 saturated carbocycles. The first kappa shape index (κ1) is 24.5. The Morgan fingerprint density at radius 3 is 2.39 bits per heavy atom. The highest BCUT2D eigenvalue weighted by atomic mass is 32.1. The maximum absolute atomic E-state index is 13.7. The van der Waals surface area contributed by atoms with Gasteiger partial charge in [0, 0.05) is 44.6 Å². The van der Waals surface area contributed by atoms with E-state index in [9.17, 15) is 14.4 Å². The maximum Gasteiger partial charge on any atom is 0.260 e. The van der Waals surface area contributed by atoms with E-state index < -0.39 is 0 Å². The lowest BCUT2D eigenvalue weighted by molar-refractivity contribution is -0.121. The van der Waals surface area contributed by atoms with Crippen molar-refractivity contribution in [3.63, 3.8) is 0 Å². The lowest BCUT2D eigenvalue weighted by Gasteiger charge is -2.27. The normalized spacial score (nSPS) is 16.8. The average Bonchev–Trinajstić information content (AvgIpc) is 3.44. The summed E-state index contributed by atoms with van der Waals surface area (Å²) in [5.41, 5.74) is 4.26. The molecule has 2 fully saturated rings. The molecule has 0 N–H and O–H groups in total. The van der Waals surface area contributed by atoms with Gasteiger partial charge < -0.3 is 4.74 Å². The van der Waals surface area contributed by atoms with Gasteiger partial charge in [-0.3, -0.25) is 29.1 Å². The molecule has 188 valence electrons. The minimum absolute atomic E-state index is 0.143. The number of aromatic nitrogens is 1. The van der Waals surface area contributed by atoms with Crippen molar-refractivity contribution in [2.45, 2.75) is 33.1 Å². The summed E-state index contributed by atoms with van der Waals surface area (Å²) in [4.78, 5) is 48.0. The minimum Gasteiger partial charge on any atom is -0.379 e. The van der Waals surface area contributed by atoms with Crippen LogP contribution in [0.4, 0.5) is 10.8 Å². The number of anilines is 2. The molecule has 2 saturated heterocycles. The van der Waals surface area contributed by atoms with E-state index in [2.05, 4.69) is 30.9 Å². The maximum atomic E-state index is 13.7.